The van der Waals surface area contributed by atoms with Gasteiger partial charge >= 0.3 is 0 Å². The molecule has 7 heteroatoms. The molecule has 4 nitrogen and oxygen atoms in total. The molecule has 0 aliphatic carbocycles. The molecule has 0 saturated heterocycles. The largest absolute Gasteiger partial charge is 0.302 e. The highest BCUT2D eigenvalue weighted by molar-refractivity contribution is 7.22. The molecule has 0 aliphatic heterocycles. The van der Waals surface area contributed by atoms with E-state index in [2.05, 4.69) is 18.7 Å². The molecule has 1 amide bonds. The average molecular weight is 452 g/mol. The van der Waals surface area contributed by atoms with Gasteiger partial charge in [-0.15, -0.1) is 12.4 Å². The second-order valence-corrected chi connectivity index (χ2v) is 8.36. The summed E-state index contributed by atoms with van der Waals surface area (Å²) in [4.78, 5) is 22.2. The number of benzene rings is 2. The minimum absolute atomic E-state index is 0. The summed E-state index contributed by atoms with van der Waals surface area (Å²) in [7, 11) is 0. The van der Waals surface area contributed by atoms with Gasteiger partial charge in [0.1, 0.15) is 0 Å². The lowest BCUT2D eigenvalue weighted by atomic mass is 10.1. The number of aryl methyl sites for hydroxylation is 2. The topological polar surface area (TPSA) is 36.4 Å². The first kappa shape index (κ1) is 23.6. The third-order valence-electron chi connectivity index (χ3n) is 4.95. The van der Waals surface area contributed by atoms with E-state index in [1.54, 1.807) is 4.90 Å². The first-order chi connectivity index (χ1) is 13.4. The van der Waals surface area contributed by atoms with Gasteiger partial charge in [-0.25, -0.2) is 4.98 Å². The van der Waals surface area contributed by atoms with Gasteiger partial charge in [0.2, 0.25) is 0 Å². The molecule has 0 atom stereocenters. The van der Waals surface area contributed by atoms with Crippen molar-refractivity contribution in [3.63, 3.8) is 0 Å². The molecule has 0 radical (unpaired) electrons. The number of likely N-dealkylation sites (N-methyl/N-ethyl adjacent to an activating group) is 1. The molecule has 2 aromatic carbocycles. The molecule has 3 rings (SSSR count). The van der Waals surface area contributed by atoms with E-state index in [1.165, 1.54) is 11.3 Å². The Bertz CT molecular complexity index is 968. The summed E-state index contributed by atoms with van der Waals surface area (Å²) < 4.78 is 1.00. The van der Waals surface area contributed by atoms with E-state index in [4.69, 9.17) is 16.6 Å². The van der Waals surface area contributed by atoms with Crippen LogP contribution in [0.25, 0.3) is 10.2 Å². The van der Waals surface area contributed by atoms with Crippen molar-refractivity contribution in [1.29, 1.82) is 0 Å². The highest BCUT2D eigenvalue weighted by Gasteiger charge is 2.22. The fourth-order valence-electron chi connectivity index (χ4n) is 3.18. The molecule has 0 bridgehead atoms. The van der Waals surface area contributed by atoms with E-state index in [1.807, 2.05) is 50.2 Å². The van der Waals surface area contributed by atoms with Crippen molar-refractivity contribution >= 4 is 56.6 Å². The Kier molecular flexibility index (Phi) is 8.46. The van der Waals surface area contributed by atoms with Crippen LogP contribution in [-0.4, -0.2) is 42.0 Å². The van der Waals surface area contributed by atoms with Gasteiger partial charge in [0.05, 0.1) is 10.2 Å². The van der Waals surface area contributed by atoms with Gasteiger partial charge in [0.15, 0.2) is 5.13 Å². The quantitative estimate of drug-likeness (QED) is 0.443. The Balaban J connectivity index is 0.00000300. The molecule has 0 N–H and O–H groups in total. The Morgan fingerprint density at radius 3 is 2.34 bits per heavy atom. The highest BCUT2D eigenvalue weighted by Crippen LogP contribution is 2.33. The number of hydrogen-bond acceptors (Lipinski definition) is 4. The molecule has 0 aliphatic rings. The molecule has 0 spiro atoms. The van der Waals surface area contributed by atoms with Crippen molar-refractivity contribution in [3.8, 4) is 0 Å². The zero-order chi connectivity index (χ0) is 20.3. The van der Waals surface area contributed by atoms with Crippen LogP contribution in [0.2, 0.25) is 5.02 Å². The van der Waals surface area contributed by atoms with E-state index in [0.29, 0.717) is 17.1 Å². The monoisotopic (exact) mass is 451 g/mol. The lowest BCUT2D eigenvalue weighted by Crippen LogP contribution is -2.38. The van der Waals surface area contributed by atoms with Crippen molar-refractivity contribution in [1.82, 2.24) is 9.88 Å². The SMILES string of the molecule is CCN(CC)CCN(C(=O)c1ccc(C)cc1)c1nc2c(C)cc(Cl)cc2s1.Cl. The molecule has 29 heavy (non-hydrogen) atoms. The van der Waals surface area contributed by atoms with E-state index in [-0.39, 0.29) is 18.3 Å². The Morgan fingerprint density at radius 2 is 1.72 bits per heavy atom. The van der Waals surface area contributed by atoms with Crippen LogP contribution in [0.3, 0.4) is 0 Å². The molecular formula is C22H27Cl2N3OS. The summed E-state index contributed by atoms with van der Waals surface area (Å²) in [5, 5.41) is 1.41. The number of aromatic nitrogens is 1. The summed E-state index contributed by atoms with van der Waals surface area (Å²) in [5.74, 6) is -0.0186. The zero-order valence-corrected chi connectivity index (χ0v) is 19.6. The van der Waals surface area contributed by atoms with Crippen molar-refractivity contribution in [2.75, 3.05) is 31.1 Å². The Morgan fingerprint density at radius 1 is 1.07 bits per heavy atom. The summed E-state index contributed by atoms with van der Waals surface area (Å²) in [5.41, 5.74) is 3.75. The first-order valence-corrected chi connectivity index (χ1v) is 10.8. The Labute approximate surface area is 187 Å². The van der Waals surface area contributed by atoms with Crippen LogP contribution in [0, 0.1) is 13.8 Å². The van der Waals surface area contributed by atoms with Gasteiger partial charge in [-0.05, 0) is 56.8 Å². The van der Waals surface area contributed by atoms with Crippen LogP contribution in [0.15, 0.2) is 36.4 Å². The third kappa shape index (κ3) is 5.48. The van der Waals surface area contributed by atoms with Gasteiger partial charge in [-0.2, -0.15) is 0 Å². The number of hydrogen-bond donors (Lipinski definition) is 0. The van der Waals surface area contributed by atoms with Gasteiger partial charge in [-0.1, -0.05) is 54.5 Å². The number of fused-ring (bicyclic) bond motifs is 1. The number of anilines is 1. The average Bonchev–Trinajstić information content (AvgIpc) is 3.09. The minimum atomic E-state index is -0.0186. The fourth-order valence-corrected chi connectivity index (χ4v) is 4.62. The molecule has 156 valence electrons. The molecule has 0 fully saturated rings. The number of carbonyl (C=O) groups excluding carboxylic acids is 1. The minimum Gasteiger partial charge on any atom is -0.302 e. The highest BCUT2D eigenvalue weighted by atomic mass is 35.5. The molecule has 3 aromatic rings. The van der Waals surface area contributed by atoms with Crippen LogP contribution in [-0.2, 0) is 0 Å². The van der Waals surface area contributed by atoms with Gasteiger partial charge in [-0.3, -0.25) is 9.69 Å². The van der Waals surface area contributed by atoms with Crippen molar-refractivity contribution in [2.45, 2.75) is 27.7 Å². The smallest absolute Gasteiger partial charge is 0.260 e. The molecule has 0 saturated carbocycles. The second-order valence-electron chi connectivity index (χ2n) is 6.92. The number of rotatable bonds is 7. The summed E-state index contributed by atoms with van der Waals surface area (Å²) in [6.45, 7) is 11.6. The van der Waals surface area contributed by atoms with E-state index >= 15 is 0 Å². The fraction of sp³-hybridized carbons (Fsp3) is 0.364. The van der Waals surface area contributed by atoms with Gasteiger partial charge in [0.25, 0.3) is 5.91 Å². The van der Waals surface area contributed by atoms with Crippen molar-refractivity contribution < 1.29 is 4.79 Å². The number of halogens is 2. The molecule has 1 aromatic heterocycles. The summed E-state index contributed by atoms with van der Waals surface area (Å²) in [6, 6.07) is 11.5. The maximum Gasteiger partial charge on any atom is 0.260 e. The second kappa shape index (κ2) is 10.4. The number of thiazole rings is 1. The van der Waals surface area contributed by atoms with Crippen LogP contribution in [0.5, 0.6) is 0 Å². The standard InChI is InChI=1S/C22H26ClN3OS.ClH/c1-5-25(6-2)11-12-26(21(27)17-9-7-15(3)8-10-17)22-24-20-16(4)13-18(23)14-19(20)28-22;/h7-10,13-14H,5-6,11-12H2,1-4H3;1H. The molecule has 1 heterocycles. The van der Waals surface area contributed by atoms with E-state index in [9.17, 15) is 4.79 Å². The lowest BCUT2D eigenvalue weighted by molar-refractivity contribution is 0.0984. The third-order valence-corrected chi connectivity index (χ3v) is 6.19. The van der Waals surface area contributed by atoms with Gasteiger partial charge < -0.3 is 4.90 Å². The summed E-state index contributed by atoms with van der Waals surface area (Å²) >= 11 is 7.74. The van der Waals surface area contributed by atoms with Crippen LogP contribution >= 0.6 is 35.3 Å². The van der Waals surface area contributed by atoms with Crippen molar-refractivity contribution in [2.24, 2.45) is 0 Å². The van der Waals surface area contributed by atoms with Crippen LogP contribution in [0.4, 0.5) is 5.13 Å². The zero-order valence-electron chi connectivity index (χ0n) is 17.2. The molecular weight excluding hydrogens is 425 g/mol. The lowest BCUT2D eigenvalue weighted by Gasteiger charge is -2.24. The number of amides is 1. The van der Waals surface area contributed by atoms with Crippen LogP contribution in [0.1, 0.15) is 35.3 Å². The van der Waals surface area contributed by atoms with Crippen molar-refractivity contribution in [3.05, 3.63) is 58.1 Å². The summed E-state index contributed by atoms with van der Waals surface area (Å²) in [6.07, 6.45) is 0. The predicted octanol–water partition coefficient (Wildman–Crippen LogP) is 5.98. The maximum atomic E-state index is 13.3. The number of carbonyl (C=O) groups is 1. The van der Waals surface area contributed by atoms with E-state index < -0.39 is 0 Å². The van der Waals surface area contributed by atoms with E-state index in [0.717, 1.165) is 46.1 Å². The van der Waals surface area contributed by atoms with Crippen LogP contribution < -0.4 is 4.90 Å². The maximum absolute atomic E-state index is 13.3. The predicted molar refractivity (Wildman–Crippen MR) is 127 cm³/mol. The molecule has 0 unspecified atom stereocenters. The Hall–Kier alpha value is -1.66. The first-order valence-electron chi connectivity index (χ1n) is 9.60. The van der Waals surface area contributed by atoms with Gasteiger partial charge in [0, 0.05) is 23.7 Å². The normalized spacial score (nSPS) is 11.0. The number of nitrogens with zero attached hydrogens (tertiary/aromatic N) is 3.